The summed E-state index contributed by atoms with van der Waals surface area (Å²) in [6, 6.07) is 9.79. The molecule has 78 valence electrons. The zero-order valence-corrected chi connectivity index (χ0v) is 8.34. The molecule has 0 spiro atoms. The summed E-state index contributed by atoms with van der Waals surface area (Å²) in [4.78, 5) is 13.3. The lowest BCUT2D eigenvalue weighted by Gasteiger charge is -2.23. The Balaban J connectivity index is 1.77. The quantitative estimate of drug-likeness (QED) is 0.778. The lowest BCUT2D eigenvalue weighted by atomic mass is 10.2. The van der Waals surface area contributed by atoms with Crippen LogP contribution in [0.3, 0.4) is 0 Å². The summed E-state index contributed by atoms with van der Waals surface area (Å²) in [5, 5.41) is 9.84. The molecule has 1 heterocycles. The maximum atomic E-state index is 11.7. The number of aliphatic hydroxyl groups is 1. The fourth-order valence-corrected chi connectivity index (χ4v) is 2.35. The van der Waals surface area contributed by atoms with E-state index in [9.17, 15) is 9.90 Å². The first-order valence-corrected chi connectivity index (χ1v) is 5.30. The Morgan fingerprint density at radius 3 is 2.67 bits per heavy atom. The van der Waals surface area contributed by atoms with Crippen LogP contribution in [0.25, 0.3) is 0 Å². The predicted molar refractivity (Wildman–Crippen MR) is 54.6 cm³/mol. The minimum absolute atomic E-state index is 0.115. The molecule has 3 atom stereocenters. The molecule has 3 rings (SSSR count). The molecular formula is C12H13NO2. The van der Waals surface area contributed by atoms with Crippen LogP contribution in [0.5, 0.6) is 0 Å². The van der Waals surface area contributed by atoms with Crippen LogP contribution >= 0.6 is 0 Å². The van der Waals surface area contributed by atoms with E-state index in [0.29, 0.717) is 6.54 Å². The molecule has 0 radical (unpaired) electrons. The highest BCUT2D eigenvalue weighted by Gasteiger charge is 2.58. The Bertz CT molecular complexity index is 390. The van der Waals surface area contributed by atoms with Crippen molar-refractivity contribution >= 4 is 5.91 Å². The molecule has 1 saturated heterocycles. The topological polar surface area (TPSA) is 40.5 Å². The van der Waals surface area contributed by atoms with Crippen molar-refractivity contribution in [2.45, 2.75) is 19.2 Å². The number of aliphatic hydroxyl groups excluding tert-OH is 1. The normalized spacial score (nSPS) is 33.0. The fraction of sp³-hybridized carbons (Fsp3) is 0.417. The monoisotopic (exact) mass is 203 g/mol. The second kappa shape index (κ2) is 3.07. The summed E-state index contributed by atoms with van der Waals surface area (Å²) in [7, 11) is 0. The zero-order valence-electron chi connectivity index (χ0n) is 8.34. The van der Waals surface area contributed by atoms with Crippen molar-refractivity contribution < 1.29 is 9.90 Å². The first kappa shape index (κ1) is 8.92. The van der Waals surface area contributed by atoms with Gasteiger partial charge in [0.15, 0.2) is 0 Å². The van der Waals surface area contributed by atoms with Crippen molar-refractivity contribution in [1.82, 2.24) is 4.90 Å². The van der Waals surface area contributed by atoms with Gasteiger partial charge in [-0.1, -0.05) is 30.3 Å². The van der Waals surface area contributed by atoms with Crippen molar-refractivity contribution in [2.24, 2.45) is 11.8 Å². The Kier molecular flexibility index (Phi) is 1.83. The first-order valence-electron chi connectivity index (χ1n) is 5.30. The molecule has 1 aliphatic carbocycles. The Labute approximate surface area is 88.3 Å². The number of hydrogen-bond donors (Lipinski definition) is 1. The number of piperidine rings is 1. The lowest BCUT2D eigenvalue weighted by molar-refractivity contribution is -0.137. The molecule has 3 nitrogen and oxygen atoms in total. The predicted octanol–water partition coefficient (Wildman–Crippen LogP) is 0.983. The molecule has 1 aliphatic heterocycles. The van der Waals surface area contributed by atoms with Crippen molar-refractivity contribution in [2.75, 3.05) is 0 Å². The molecule has 1 aromatic carbocycles. The highest BCUT2D eigenvalue weighted by Crippen LogP contribution is 2.49. The van der Waals surface area contributed by atoms with E-state index in [1.807, 2.05) is 30.3 Å². The van der Waals surface area contributed by atoms with Crippen molar-refractivity contribution in [1.29, 1.82) is 0 Å². The van der Waals surface area contributed by atoms with Crippen LogP contribution in [0.1, 0.15) is 12.0 Å². The number of fused-ring (bicyclic) bond motifs is 1. The largest absolute Gasteiger partial charge is 0.373 e. The standard InChI is InChI=1S/C12H13NO2/c14-11-9-6-10(9)12(15)13(11)7-8-4-2-1-3-5-8/h1-5,9-11,14H,6-7H2. The molecule has 2 aliphatic rings. The van der Waals surface area contributed by atoms with Crippen molar-refractivity contribution in [3.8, 4) is 0 Å². The third kappa shape index (κ3) is 1.35. The molecule has 15 heavy (non-hydrogen) atoms. The van der Waals surface area contributed by atoms with Gasteiger partial charge in [-0.05, 0) is 12.0 Å². The van der Waals surface area contributed by atoms with Gasteiger partial charge in [-0.2, -0.15) is 0 Å². The molecule has 2 fully saturated rings. The second-order valence-corrected chi connectivity index (χ2v) is 4.37. The van der Waals surface area contributed by atoms with E-state index in [4.69, 9.17) is 0 Å². The van der Waals surface area contributed by atoms with E-state index < -0.39 is 6.23 Å². The number of carbonyl (C=O) groups is 1. The van der Waals surface area contributed by atoms with Gasteiger partial charge in [0.2, 0.25) is 5.91 Å². The van der Waals surface area contributed by atoms with Crippen molar-refractivity contribution in [3.63, 3.8) is 0 Å². The van der Waals surface area contributed by atoms with Gasteiger partial charge >= 0.3 is 0 Å². The molecule has 0 aromatic heterocycles. The van der Waals surface area contributed by atoms with Crippen LogP contribution in [-0.2, 0) is 11.3 Å². The first-order chi connectivity index (χ1) is 7.27. The molecule has 1 N–H and O–H groups in total. The van der Waals surface area contributed by atoms with Crippen molar-refractivity contribution in [3.05, 3.63) is 35.9 Å². The van der Waals surface area contributed by atoms with Crippen LogP contribution in [0.2, 0.25) is 0 Å². The maximum absolute atomic E-state index is 11.7. The van der Waals surface area contributed by atoms with Crippen LogP contribution in [0, 0.1) is 11.8 Å². The van der Waals surface area contributed by atoms with Crippen LogP contribution in [0.4, 0.5) is 0 Å². The minimum atomic E-state index is -0.553. The Morgan fingerprint density at radius 1 is 1.33 bits per heavy atom. The van der Waals surface area contributed by atoms with E-state index >= 15 is 0 Å². The van der Waals surface area contributed by atoms with E-state index in [1.165, 1.54) is 0 Å². The van der Waals surface area contributed by atoms with Gasteiger partial charge in [-0.25, -0.2) is 0 Å². The third-order valence-electron chi connectivity index (χ3n) is 3.34. The molecule has 3 heteroatoms. The van der Waals surface area contributed by atoms with Gasteiger partial charge in [0.05, 0.1) is 0 Å². The highest BCUT2D eigenvalue weighted by molar-refractivity contribution is 5.84. The second-order valence-electron chi connectivity index (χ2n) is 4.37. The summed E-state index contributed by atoms with van der Waals surface area (Å²) in [5.41, 5.74) is 1.08. The van der Waals surface area contributed by atoms with Gasteiger partial charge < -0.3 is 10.0 Å². The lowest BCUT2D eigenvalue weighted by Crippen LogP contribution is -2.35. The van der Waals surface area contributed by atoms with Crippen LogP contribution < -0.4 is 0 Å². The van der Waals surface area contributed by atoms with Gasteiger partial charge in [0.1, 0.15) is 6.23 Å². The smallest absolute Gasteiger partial charge is 0.228 e. The van der Waals surface area contributed by atoms with E-state index in [0.717, 1.165) is 12.0 Å². The van der Waals surface area contributed by atoms with E-state index in [1.54, 1.807) is 4.90 Å². The molecule has 1 saturated carbocycles. The molecule has 0 bridgehead atoms. The number of hydrogen-bond acceptors (Lipinski definition) is 2. The number of likely N-dealkylation sites (tertiary alicyclic amines) is 1. The molecule has 1 amide bonds. The van der Waals surface area contributed by atoms with Crippen LogP contribution in [-0.4, -0.2) is 22.1 Å². The Hall–Kier alpha value is -1.35. The molecular weight excluding hydrogens is 190 g/mol. The summed E-state index contributed by atoms with van der Waals surface area (Å²) < 4.78 is 0. The van der Waals surface area contributed by atoms with E-state index in [2.05, 4.69) is 0 Å². The fourth-order valence-electron chi connectivity index (χ4n) is 2.35. The van der Waals surface area contributed by atoms with Gasteiger partial charge in [0, 0.05) is 18.4 Å². The summed E-state index contributed by atoms with van der Waals surface area (Å²) >= 11 is 0. The van der Waals surface area contributed by atoms with Gasteiger partial charge in [0.25, 0.3) is 0 Å². The zero-order chi connectivity index (χ0) is 10.4. The molecule has 1 aromatic rings. The van der Waals surface area contributed by atoms with Gasteiger partial charge in [-0.15, -0.1) is 0 Å². The Morgan fingerprint density at radius 2 is 2.07 bits per heavy atom. The van der Waals surface area contributed by atoms with E-state index in [-0.39, 0.29) is 17.7 Å². The highest BCUT2D eigenvalue weighted by atomic mass is 16.3. The number of benzene rings is 1. The summed E-state index contributed by atoms with van der Waals surface area (Å²) in [5.74, 6) is 0.446. The number of rotatable bonds is 2. The summed E-state index contributed by atoms with van der Waals surface area (Å²) in [6.45, 7) is 0.536. The summed E-state index contributed by atoms with van der Waals surface area (Å²) in [6.07, 6.45) is 0.327. The maximum Gasteiger partial charge on any atom is 0.228 e. The number of carbonyl (C=O) groups excluding carboxylic acids is 1. The number of nitrogens with zero attached hydrogens (tertiary/aromatic N) is 1. The third-order valence-corrected chi connectivity index (χ3v) is 3.34. The SMILES string of the molecule is O=C1C2CC2C(O)N1Cc1ccccc1. The average molecular weight is 203 g/mol. The van der Waals surface area contributed by atoms with Crippen LogP contribution in [0.15, 0.2) is 30.3 Å². The average Bonchev–Trinajstić information content (AvgIpc) is 3.01. The van der Waals surface area contributed by atoms with Gasteiger partial charge in [-0.3, -0.25) is 4.79 Å². The minimum Gasteiger partial charge on any atom is -0.373 e. The number of amides is 1. The molecule has 3 unspecified atom stereocenters.